The van der Waals surface area contributed by atoms with Crippen molar-refractivity contribution in [1.29, 1.82) is 0 Å². The van der Waals surface area contributed by atoms with Crippen molar-refractivity contribution in [2.75, 3.05) is 37.7 Å². The SMILES string of the molecule is C=C(C)C1CCC1.C=C(Cc1ccc(NS(C)(=O)=O)cc1)N=C(OC)C1CCN(CCC(C)c2ccccc2)CC1. The quantitative estimate of drug-likeness (QED) is 0.171. The highest BCUT2D eigenvalue weighted by atomic mass is 32.2. The van der Waals surface area contributed by atoms with Crippen molar-refractivity contribution in [3.63, 3.8) is 0 Å². The summed E-state index contributed by atoms with van der Waals surface area (Å²) in [5.74, 6) is 2.53. The highest BCUT2D eigenvalue weighted by Crippen LogP contribution is 2.31. The Morgan fingerprint density at radius 3 is 2.15 bits per heavy atom. The highest BCUT2D eigenvalue weighted by Gasteiger charge is 2.24. The molecule has 1 heterocycles. The van der Waals surface area contributed by atoms with E-state index in [1.165, 1.54) is 30.4 Å². The molecule has 1 saturated carbocycles. The lowest BCUT2D eigenvalue weighted by atomic mass is 9.81. The zero-order valence-corrected chi connectivity index (χ0v) is 26.3. The van der Waals surface area contributed by atoms with Gasteiger partial charge in [0.25, 0.3) is 0 Å². The lowest BCUT2D eigenvalue weighted by molar-refractivity contribution is 0.191. The molecule has 1 aliphatic carbocycles. The van der Waals surface area contributed by atoms with Gasteiger partial charge in [-0.3, -0.25) is 4.72 Å². The van der Waals surface area contributed by atoms with Crippen LogP contribution in [0.15, 0.2) is 84.0 Å². The van der Waals surface area contributed by atoms with Crippen molar-refractivity contribution in [2.24, 2.45) is 16.8 Å². The number of aliphatic imine (C=N–C) groups is 1. The van der Waals surface area contributed by atoms with Crippen LogP contribution < -0.4 is 4.72 Å². The van der Waals surface area contributed by atoms with E-state index in [9.17, 15) is 8.42 Å². The molecule has 1 N–H and O–H groups in total. The van der Waals surface area contributed by atoms with Crippen molar-refractivity contribution < 1.29 is 13.2 Å². The fraction of sp³-hybridized carbons (Fsp3) is 0.500. The number of hydrogen-bond acceptors (Lipinski definition) is 5. The van der Waals surface area contributed by atoms with Gasteiger partial charge in [-0.1, -0.05) is 74.5 Å². The fourth-order valence-corrected chi connectivity index (χ4v) is 5.83. The summed E-state index contributed by atoms with van der Waals surface area (Å²) in [7, 11) is -1.59. The Hall–Kier alpha value is -2.90. The topological polar surface area (TPSA) is 71.0 Å². The average Bonchev–Trinajstić information content (AvgIpc) is 2.90. The molecule has 0 radical (unpaired) electrons. The lowest BCUT2D eigenvalue weighted by Gasteiger charge is -2.32. The van der Waals surface area contributed by atoms with E-state index in [0.29, 0.717) is 23.9 Å². The molecule has 1 saturated heterocycles. The summed E-state index contributed by atoms with van der Waals surface area (Å²) in [6, 6.07) is 18.0. The molecule has 0 bridgehead atoms. The molecular formula is C34H49N3O3S. The van der Waals surface area contributed by atoms with E-state index in [-0.39, 0.29) is 0 Å². The fourth-order valence-electron chi connectivity index (χ4n) is 5.27. The highest BCUT2D eigenvalue weighted by molar-refractivity contribution is 7.92. The van der Waals surface area contributed by atoms with E-state index < -0.39 is 10.0 Å². The maximum atomic E-state index is 11.4. The van der Waals surface area contributed by atoms with Crippen molar-refractivity contribution in [3.05, 3.63) is 90.2 Å². The third-order valence-electron chi connectivity index (χ3n) is 8.13. The molecule has 4 rings (SSSR count). The predicted octanol–water partition coefficient (Wildman–Crippen LogP) is 7.43. The Kier molecular flexibility index (Phi) is 12.7. The normalized spacial score (nSPS) is 17.5. The first-order valence-corrected chi connectivity index (χ1v) is 16.7. The number of ether oxygens (including phenoxy) is 1. The molecule has 1 atom stereocenters. The molecule has 1 aliphatic heterocycles. The van der Waals surface area contributed by atoms with Crippen LogP contribution in [0, 0.1) is 11.8 Å². The van der Waals surface area contributed by atoms with Gasteiger partial charge in [0.15, 0.2) is 5.90 Å². The second-order valence-corrected chi connectivity index (χ2v) is 13.4. The van der Waals surface area contributed by atoms with Crippen LogP contribution in [-0.2, 0) is 21.2 Å². The number of benzene rings is 2. The van der Waals surface area contributed by atoms with Crippen LogP contribution in [0.1, 0.15) is 69.4 Å². The predicted molar refractivity (Wildman–Crippen MR) is 173 cm³/mol. The molecule has 1 unspecified atom stereocenters. The van der Waals surface area contributed by atoms with E-state index >= 15 is 0 Å². The van der Waals surface area contributed by atoms with E-state index in [1.807, 2.05) is 12.1 Å². The Morgan fingerprint density at radius 1 is 1.02 bits per heavy atom. The van der Waals surface area contributed by atoms with Gasteiger partial charge in [0, 0.05) is 23.7 Å². The summed E-state index contributed by atoms with van der Waals surface area (Å²) < 4.78 is 30.8. The van der Waals surface area contributed by atoms with Gasteiger partial charge >= 0.3 is 0 Å². The first-order valence-electron chi connectivity index (χ1n) is 14.8. The molecule has 0 amide bonds. The Labute approximate surface area is 248 Å². The van der Waals surface area contributed by atoms with Crippen LogP contribution in [0.3, 0.4) is 0 Å². The zero-order valence-electron chi connectivity index (χ0n) is 25.4. The van der Waals surface area contributed by atoms with Gasteiger partial charge in [-0.2, -0.15) is 0 Å². The minimum atomic E-state index is -3.28. The number of methoxy groups -OCH3 is 1. The molecule has 0 spiro atoms. The van der Waals surface area contributed by atoms with Crippen LogP contribution in [0.5, 0.6) is 0 Å². The molecule has 0 aromatic heterocycles. The van der Waals surface area contributed by atoms with Crippen LogP contribution in [0.25, 0.3) is 0 Å². The van der Waals surface area contributed by atoms with Gasteiger partial charge in [0.1, 0.15) is 0 Å². The van der Waals surface area contributed by atoms with Gasteiger partial charge in [0.2, 0.25) is 10.0 Å². The monoisotopic (exact) mass is 579 g/mol. The number of piperidine rings is 1. The van der Waals surface area contributed by atoms with Gasteiger partial charge < -0.3 is 9.64 Å². The van der Waals surface area contributed by atoms with Crippen molar-refractivity contribution in [3.8, 4) is 0 Å². The molecule has 2 aromatic rings. The molecule has 2 aliphatic rings. The third kappa shape index (κ3) is 11.5. The number of likely N-dealkylation sites (tertiary alicyclic amines) is 1. The molecule has 6 nitrogen and oxygen atoms in total. The second-order valence-electron chi connectivity index (χ2n) is 11.7. The maximum absolute atomic E-state index is 11.4. The van der Waals surface area contributed by atoms with Gasteiger partial charge in [-0.05, 0) is 93.8 Å². The standard InChI is InChI=1S/C27H37N3O3S.C7H12/c1-21(24-8-6-5-7-9-24)14-17-30-18-15-25(16-19-30)27(33-3)28-22(2)20-23-10-12-26(13-11-23)29-34(4,31)32;1-6(2)7-4-3-5-7/h5-13,21,25,29H,2,14-20H2,1,3-4H3;7H,1,3-5H2,2H3. The number of sulfonamides is 1. The number of nitrogens with one attached hydrogen (secondary N) is 1. The van der Waals surface area contributed by atoms with Crippen molar-refractivity contribution in [1.82, 2.24) is 4.90 Å². The Balaban J connectivity index is 0.000000575. The van der Waals surface area contributed by atoms with E-state index in [1.54, 1.807) is 19.2 Å². The van der Waals surface area contributed by atoms with Gasteiger partial charge in [-0.25, -0.2) is 13.4 Å². The zero-order chi connectivity index (χ0) is 29.8. The van der Waals surface area contributed by atoms with E-state index in [0.717, 1.165) is 68.2 Å². The van der Waals surface area contributed by atoms with Crippen molar-refractivity contribution >= 4 is 21.6 Å². The summed E-state index contributed by atoms with van der Waals surface area (Å²) in [6.07, 6.45) is 9.18. The largest absolute Gasteiger partial charge is 0.484 e. The van der Waals surface area contributed by atoms with Crippen molar-refractivity contribution in [2.45, 2.75) is 64.7 Å². The Bertz CT molecular complexity index is 1240. The maximum Gasteiger partial charge on any atom is 0.229 e. The van der Waals surface area contributed by atoms with Gasteiger partial charge in [0.05, 0.1) is 13.4 Å². The number of allylic oxidation sites excluding steroid dienone is 2. The molecule has 2 fully saturated rings. The molecular weight excluding hydrogens is 530 g/mol. The summed E-state index contributed by atoms with van der Waals surface area (Å²) in [6.45, 7) is 15.6. The third-order valence-corrected chi connectivity index (χ3v) is 8.74. The number of nitrogens with zero attached hydrogens (tertiary/aromatic N) is 2. The summed E-state index contributed by atoms with van der Waals surface area (Å²) in [4.78, 5) is 7.25. The molecule has 41 heavy (non-hydrogen) atoms. The Morgan fingerprint density at radius 2 is 1.66 bits per heavy atom. The second kappa shape index (κ2) is 15.9. The summed E-state index contributed by atoms with van der Waals surface area (Å²) >= 11 is 0. The molecule has 224 valence electrons. The smallest absolute Gasteiger partial charge is 0.229 e. The number of anilines is 1. The lowest BCUT2D eigenvalue weighted by Crippen LogP contribution is -2.37. The van der Waals surface area contributed by atoms with Crippen LogP contribution in [-0.4, -0.2) is 52.2 Å². The van der Waals surface area contributed by atoms with Gasteiger partial charge in [-0.15, -0.1) is 0 Å². The molecule has 7 heteroatoms. The summed E-state index contributed by atoms with van der Waals surface area (Å²) in [5, 5.41) is 0. The molecule has 2 aromatic carbocycles. The first kappa shape index (κ1) is 32.6. The van der Waals surface area contributed by atoms with E-state index in [4.69, 9.17) is 9.73 Å². The van der Waals surface area contributed by atoms with Crippen LogP contribution in [0.2, 0.25) is 0 Å². The minimum Gasteiger partial charge on any atom is -0.484 e. The van der Waals surface area contributed by atoms with Crippen LogP contribution >= 0.6 is 0 Å². The first-order chi connectivity index (χ1) is 19.5. The summed E-state index contributed by atoms with van der Waals surface area (Å²) in [5.41, 5.74) is 5.09. The minimum absolute atomic E-state index is 0.311. The average molecular weight is 580 g/mol. The number of hydrogen-bond donors (Lipinski definition) is 1. The van der Waals surface area contributed by atoms with Crippen LogP contribution in [0.4, 0.5) is 5.69 Å². The number of rotatable bonds is 11. The van der Waals surface area contributed by atoms with E-state index in [2.05, 4.69) is 67.0 Å².